The molecular formula is C14H14F2N2O2. The van der Waals surface area contributed by atoms with Crippen molar-refractivity contribution in [1.29, 1.82) is 0 Å². The van der Waals surface area contributed by atoms with Crippen LogP contribution >= 0.6 is 0 Å². The smallest absolute Gasteiger partial charge is 0.293 e. The minimum absolute atomic E-state index is 0.0122. The summed E-state index contributed by atoms with van der Waals surface area (Å²) in [5.41, 5.74) is 0.681. The fourth-order valence-corrected chi connectivity index (χ4v) is 1.76. The number of nitrogens with zero attached hydrogens (tertiary/aromatic N) is 1. The number of carbonyl (C=O) groups is 1. The molecule has 0 spiro atoms. The van der Waals surface area contributed by atoms with Crippen molar-refractivity contribution in [2.45, 2.75) is 26.7 Å². The predicted octanol–water partition coefficient (Wildman–Crippen LogP) is 3.64. The summed E-state index contributed by atoms with van der Waals surface area (Å²) in [5, 5.41) is 2.46. The van der Waals surface area contributed by atoms with Crippen LogP contribution in [0.2, 0.25) is 0 Å². The molecule has 1 heterocycles. The summed E-state index contributed by atoms with van der Waals surface area (Å²) < 4.78 is 31.2. The van der Waals surface area contributed by atoms with Crippen molar-refractivity contribution < 1.29 is 18.0 Å². The van der Waals surface area contributed by atoms with Crippen LogP contribution in [0.3, 0.4) is 0 Å². The Bertz CT molecular complexity index is 651. The number of aromatic nitrogens is 1. The number of carbonyl (C=O) groups excluding carboxylic acids is 1. The average Bonchev–Trinajstić information content (AvgIpc) is 2.76. The first-order chi connectivity index (χ1) is 9.38. The van der Waals surface area contributed by atoms with Crippen molar-refractivity contribution in [2.24, 2.45) is 0 Å². The second-order valence-electron chi connectivity index (χ2n) is 4.68. The zero-order valence-electron chi connectivity index (χ0n) is 11.3. The third-order valence-corrected chi connectivity index (χ3v) is 2.69. The summed E-state index contributed by atoms with van der Waals surface area (Å²) in [7, 11) is 0. The van der Waals surface area contributed by atoms with Gasteiger partial charge in [-0.05, 0) is 18.1 Å². The number of oxazole rings is 1. The van der Waals surface area contributed by atoms with Crippen LogP contribution in [0.4, 0.5) is 14.5 Å². The third kappa shape index (κ3) is 2.84. The maximum Gasteiger partial charge on any atom is 0.293 e. The molecule has 4 nitrogen and oxygen atoms in total. The van der Waals surface area contributed by atoms with Crippen molar-refractivity contribution in [1.82, 2.24) is 4.98 Å². The number of aryl methyl sites for hydroxylation is 1. The van der Waals surface area contributed by atoms with Crippen LogP contribution in [0.25, 0.3) is 0 Å². The first-order valence-corrected chi connectivity index (χ1v) is 6.12. The Morgan fingerprint density at radius 2 is 2.00 bits per heavy atom. The highest BCUT2D eigenvalue weighted by molar-refractivity contribution is 6.03. The van der Waals surface area contributed by atoms with E-state index in [0.717, 1.165) is 12.1 Å². The number of amides is 1. The molecule has 0 bridgehead atoms. The molecule has 0 saturated carbocycles. The molecule has 106 valence electrons. The molecule has 1 amide bonds. The monoisotopic (exact) mass is 280 g/mol. The Balaban J connectivity index is 2.26. The second-order valence-corrected chi connectivity index (χ2v) is 4.68. The molecule has 6 heteroatoms. The van der Waals surface area contributed by atoms with E-state index in [1.165, 1.54) is 6.07 Å². The molecule has 1 aromatic carbocycles. The van der Waals surface area contributed by atoms with Crippen molar-refractivity contribution >= 4 is 11.6 Å². The van der Waals surface area contributed by atoms with Gasteiger partial charge in [0.25, 0.3) is 5.91 Å². The highest BCUT2D eigenvalue weighted by Gasteiger charge is 2.21. The van der Waals surface area contributed by atoms with Crippen LogP contribution in [0.1, 0.15) is 41.9 Å². The minimum Gasteiger partial charge on any atom is -0.436 e. The van der Waals surface area contributed by atoms with Gasteiger partial charge in [0, 0.05) is 18.7 Å². The van der Waals surface area contributed by atoms with Gasteiger partial charge in [-0.2, -0.15) is 0 Å². The molecule has 0 atom stereocenters. The summed E-state index contributed by atoms with van der Waals surface area (Å²) in [6.07, 6.45) is 0. The van der Waals surface area contributed by atoms with Crippen LogP contribution in [0.15, 0.2) is 22.6 Å². The van der Waals surface area contributed by atoms with E-state index in [2.05, 4.69) is 10.3 Å². The Morgan fingerprint density at radius 1 is 1.30 bits per heavy atom. The van der Waals surface area contributed by atoms with E-state index in [0.29, 0.717) is 11.6 Å². The number of anilines is 1. The molecule has 0 unspecified atom stereocenters. The highest BCUT2D eigenvalue weighted by atomic mass is 19.2. The molecule has 0 aliphatic carbocycles. The lowest BCUT2D eigenvalue weighted by Gasteiger charge is -2.06. The molecular weight excluding hydrogens is 266 g/mol. The van der Waals surface area contributed by atoms with Crippen LogP contribution in [0.5, 0.6) is 0 Å². The van der Waals surface area contributed by atoms with Gasteiger partial charge >= 0.3 is 0 Å². The van der Waals surface area contributed by atoms with E-state index in [9.17, 15) is 13.6 Å². The molecule has 20 heavy (non-hydrogen) atoms. The molecule has 2 aromatic rings. The molecule has 0 saturated heterocycles. The van der Waals surface area contributed by atoms with Crippen molar-refractivity contribution in [3.8, 4) is 0 Å². The fourth-order valence-electron chi connectivity index (χ4n) is 1.76. The van der Waals surface area contributed by atoms with Gasteiger partial charge in [0.2, 0.25) is 5.76 Å². The first-order valence-electron chi connectivity index (χ1n) is 6.12. The van der Waals surface area contributed by atoms with Gasteiger partial charge in [-0.15, -0.1) is 0 Å². The van der Waals surface area contributed by atoms with Gasteiger partial charge in [0.05, 0.1) is 5.69 Å². The van der Waals surface area contributed by atoms with Crippen LogP contribution in [-0.4, -0.2) is 10.9 Å². The Hall–Kier alpha value is -2.24. The highest BCUT2D eigenvalue weighted by Crippen LogP contribution is 2.21. The molecule has 1 aromatic heterocycles. The molecule has 0 fully saturated rings. The summed E-state index contributed by atoms with van der Waals surface area (Å²) in [6, 6.07) is 3.13. The number of benzene rings is 1. The van der Waals surface area contributed by atoms with E-state index >= 15 is 0 Å². The summed E-state index contributed by atoms with van der Waals surface area (Å²) in [4.78, 5) is 16.2. The normalized spacial score (nSPS) is 10.9. The average molecular weight is 280 g/mol. The lowest BCUT2D eigenvalue weighted by atomic mass is 10.1. The van der Waals surface area contributed by atoms with E-state index in [-0.39, 0.29) is 17.4 Å². The number of rotatable bonds is 3. The first kappa shape index (κ1) is 14.2. The maximum atomic E-state index is 13.1. The Labute approximate surface area is 114 Å². The van der Waals surface area contributed by atoms with Gasteiger partial charge in [0.1, 0.15) is 0 Å². The van der Waals surface area contributed by atoms with E-state index in [1.54, 1.807) is 6.92 Å². The van der Waals surface area contributed by atoms with Gasteiger partial charge in [-0.3, -0.25) is 4.79 Å². The lowest BCUT2D eigenvalue weighted by molar-refractivity contribution is 0.0993. The van der Waals surface area contributed by atoms with Gasteiger partial charge < -0.3 is 9.73 Å². The molecule has 2 rings (SSSR count). The number of hydrogen-bond donors (Lipinski definition) is 1. The molecule has 0 radical (unpaired) electrons. The van der Waals surface area contributed by atoms with E-state index < -0.39 is 17.5 Å². The molecule has 0 aliphatic heterocycles. The zero-order chi connectivity index (χ0) is 14.9. The number of halogens is 2. The zero-order valence-corrected chi connectivity index (χ0v) is 11.3. The van der Waals surface area contributed by atoms with Crippen molar-refractivity contribution in [3.05, 3.63) is 47.2 Å². The Kier molecular flexibility index (Phi) is 3.83. The summed E-state index contributed by atoms with van der Waals surface area (Å²) in [6.45, 7) is 5.40. The SMILES string of the molecule is Cc1nc(C(C)C)c(C(=O)Nc2ccc(F)c(F)c2)o1. The largest absolute Gasteiger partial charge is 0.436 e. The second kappa shape index (κ2) is 5.40. The van der Waals surface area contributed by atoms with E-state index in [1.807, 2.05) is 13.8 Å². The number of nitrogens with one attached hydrogen (secondary N) is 1. The Morgan fingerprint density at radius 3 is 2.60 bits per heavy atom. The van der Waals surface area contributed by atoms with Crippen molar-refractivity contribution in [3.63, 3.8) is 0 Å². The third-order valence-electron chi connectivity index (χ3n) is 2.69. The fraction of sp³-hybridized carbons (Fsp3) is 0.286. The minimum atomic E-state index is -1.03. The number of hydrogen-bond acceptors (Lipinski definition) is 3. The standard InChI is InChI=1S/C14H14F2N2O2/c1-7(2)12-13(20-8(3)17-12)14(19)18-9-4-5-10(15)11(16)6-9/h4-7H,1-3H3,(H,18,19). The van der Waals surface area contributed by atoms with Gasteiger partial charge in [-0.1, -0.05) is 13.8 Å². The van der Waals surface area contributed by atoms with E-state index in [4.69, 9.17) is 4.42 Å². The lowest BCUT2D eigenvalue weighted by Crippen LogP contribution is -2.14. The van der Waals surface area contributed by atoms with Crippen molar-refractivity contribution in [2.75, 3.05) is 5.32 Å². The summed E-state index contributed by atoms with van der Waals surface area (Å²) >= 11 is 0. The van der Waals surface area contributed by atoms with Gasteiger partial charge in [-0.25, -0.2) is 13.8 Å². The molecule has 0 aliphatic rings. The summed E-state index contributed by atoms with van der Waals surface area (Å²) in [5.74, 6) is -2.06. The van der Waals surface area contributed by atoms with Gasteiger partial charge in [0.15, 0.2) is 17.5 Å². The maximum absolute atomic E-state index is 13.1. The van der Waals surface area contributed by atoms with Crippen LogP contribution in [0, 0.1) is 18.6 Å². The quantitative estimate of drug-likeness (QED) is 0.933. The topological polar surface area (TPSA) is 55.1 Å². The predicted molar refractivity (Wildman–Crippen MR) is 69.6 cm³/mol. The van der Waals surface area contributed by atoms with Crippen LogP contribution < -0.4 is 5.32 Å². The molecule has 1 N–H and O–H groups in total. The van der Waals surface area contributed by atoms with Crippen LogP contribution in [-0.2, 0) is 0 Å².